The standard InChI is InChI=1S/C8H7NO.2C7H13N.2C7H8.C6H11N.3C4H10.2CH3F/c1-6-9-7-4-2-3-5-8(7)10-6;2*1-2-7(3-1)4-5-8-6-7;2*1-7-5-3-2-4-6-7;1-2-6(3-1)4-7-5-6;3*1-4(2)3;2*1-2/h2-5H,1H3;2*8H,1-6H2;2*2-6H,1H3;7H,1-5H2;3*4H,1-3H3;2*1H3. The van der Waals surface area contributed by atoms with Crippen LogP contribution in [0.25, 0.3) is 11.1 Å². The highest BCUT2D eigenvalue weighted by atomic mass is 19.1. The summed E-state index contributed by atoms with van der Waals surface area (Å²) >= 11 is 0. The van der Waals surface area contributed by atoms with Crippen LogP contribution in [0.3, 0.4) is 0 Å². The largest absolute Gasteiger partial charge is 0.441 e. The van der Waals surface area contributed by atoms with E-state index in [4.69, 9.17) is 4.42 Å². The van der Waals surface area contributed by atoms with Gasteiger partial charge in [-0.3, -0.25) is 8.78 Å². The molecule has 0 atom stereocenters. The zero-order valence-corrected chi connectivity index (χ0v) is 42.9. The minimum atomic E-state index is 0.500. The first kappa shape index (κ1) is 59.9. The van der Waals surface area contributed by atoms with Gasteiger partial charge in [-0.05, 0) is 124 Å². The summed E-state index contributed by atoms with van der Waals surface area (Å²) < 4.78 is 24.3. The lowest BCUT2D eigenvalue weighted by Crippen LogP contribution is -2.57. The van der Waals surface area contributed by atoms with Gasteiger partial charge in [-0.1, -0.05) is 165 Å². The second kappa shape index (κ2) is 35.2. The lowest BCUT2D eigenvalue weighted by molar-refractivity contribution is 0.0603. The maximum Gasteiger partial charge on any atom is 0.192 e. The van der Waals surface area contributed by atoms with Gasteiger partial charge in [0.25, 0.3) is 0 Å². The fourth-order valence-electron chi connectivity index (χ4n) is 7.36. The van der Waals surface area contributed by atoms with Crippen molar-refractivity contribution in [3.63, 3.8) is 0 Å². The van der Waals surface area contributed by atoms with Crippen LogP contribution in [0.5, 0.6) is 0 Å². The number of alkyl halides is 2. The molecule has 3 aliphatic carbocycles. The highest BCUT2D eigenvalue weighted by Gasteiger charge is 2.42. The van der Waals surface area contributed by atoms with Gasteiger partial charge in [0.05, 0.1) is 14.4 Å². The molecule has 0 amide bonds. The van der Waals surface area contributed by atoms with Gasteiger partial charge in [0.1, 0.15) is 5.52 Å². The SMILES string of the molecule is C1CC2(C1)CCNC2.C1CC2(C1)CCNC2.C1CC2(C1)CNC2.CC(C)C.CC(C)C.CC(C)C.CF.CF.Cc1ccccc1.Cc1ccccc1.Cc1nc2ccccc2o1. The summed E-state index contributed by atoms with van der Waals surface area (Å²) in [6, 6.07) is 28.3. The second-order valence-corrected chi connectivity index (χ2v) is 20.2. The molecule has 3 N–H and O–H groups in total. The third-order valence-electron chi connectivity index (χ3n) is 11.2. The first-order valence-electron chi connectivity index (χ1n) is 24.3. The fourth-order valence-corrected chi connectivity index (χ4v) is 7.36. The Morgan fingerprint density at radius 3 is 0.952 bits per heavy atom. The van der Waals surface area contributed by atoms with E-state index in [2.05, 4.69) is 121 Å². The van der Waals surface area contributed by atoms with E-state index in [1.54, 1.807) is 0 Å². The Kier molecular flexibility index (Phi) is 33.4. The van der Waals surface area contributed by atoms with Crippen molar-refractivity contribution in [1.29, 1.82) is 0 Å². The van der Waals surface area contributed by atoms with Crippen LogP contribution in [0.1, 0.15) is 150 Å². The van der Waals surface area contributed by atoms with Gasteiger partial charge in [-0.2, -0.15) is 0 Å². The van der Waals surface area contributed by atoms with Crippen LogP contribution >= 0.6 is 0 Å². The molecule has 10 rings (SSSR count). The fraction of sp³-hybridized carbons (Fsp3) is 0.661. The summed E-state index contributed by atoms with van der Waals surface area (Å²) in [4.78, 5) is 4.15. The number of aryl methyl sites for hydroxylation is 3. The van der Waals surface area contributed by atoms with Gasteiger partial charge in [-0.15, -0.1) is 0 Å². The summed E-state index contributed by atoms with van der Waals surface area (Å²) in [6.45, 7) is 33.3. The highest BCUT2D eigenvalue weighted by Crippen LogP contribution is 2.46. The zero-order valence-electron chi connectivity index (χ0n) is 42.9. The number of hydrogen-bond acceptors (Lipinski definition) is 5. The average Bonchev–Trinajstić information content (AvgIpc) is 3.97. The second-order valence-electron chi connectivity index (χ2n) is 20.2. The number of nitrogens with one attached hydrogen (secondary N) is 3. The molecule has 360 valence electrons. The van der Waals surface area contributed by atoms with E-state index in [0.29, 0.717) is 14.4 Å². The van der Waals surface area contributed by atoms with Crippen molar-refractivity contribution in [2.45, 2.75) is 154 Å². The average molecular weight is 879 g/mol. The predicted molar refractivity (Wildman–Crippen MR) is 273 cm³/mol. The van der Waals surface area contributed by atoms with E-state index in [9.17, 15) is 8.78 Å². The highest BCUT2D eigenvalue weighted by molar-refractivity contribution is 5.71. The Labute approximate surface area is 387 Å². The molecular formula is C56H96F2N4O. The van der Waals surface area contributed by atoms with Crippen LogP contribution in [0.2, 0.25) is 0 Å². The molecule has 63 heavy (non-hydrogen) atoms. The van der Waals surface area contributed by atoms with Crippen LogP contribution in [-0.4, -0.2) is 58.6 Å². The lowest BCUT2D eigenvalue weighted by Gasteiger charge is -2.49. The molecule has 1 aromatic heterocycles. The molecule has 0 unspecified atom stereocenters. The van der Waals surface area contributed by atoms with Crippen molar-refractivity contribution in [3.8, 4) is 0 Å². The van der Waals surface area contributed by atoms with Crippen molar-refractivity contribution >= 4 is 11.1 Å². The van der Waals surface area contributed by atoms with E-state index < -0.39 is 0 Å². The number of fused-ring (bicyclic) bond motifs is 1. The Morgan fingerprint density at radius 1 is 0.444 bits per heavy atom. The van der Waals surface area contributed by atoms with Crippen molar-refractivity contribution in [3.05, 3.63) is 102 Å². The molecule has 0 radical (unpaired) electrons. The van der Waals surface area contributed by atoms with Gasteiger partial charge in [0.2, 0.25) is 0 Å². The molecular weight excluding hydrogens is 783 g/mol. The number of aromatic nitrogens is 1. The minimum Gasteiger partial charge on any atom is -0.441 e. The van der Waals surface area contributed by atoms with Gasteiger partial charge in [0.15, 0.2) is 11.5 Å². The van der Waals surface area contributed by atoms with Crippen LogP contribution in [0.4, 0.5) is 8.78 Å². The van der Waals surface area contributed by atoms with Crippen molar-refractivity contribution in [2.75, 3.05) is 53.6 Å². The van der Waals surface area contributed by atoms with E-state index in [0.717, 1.165) is 51.0 Å². The minimum absolute atomic E-state index is 0.500. The number of benzene rings is 3. The van der Waals surface area contributed by atoms with E-state index in [1.807, 2.05) is 67.6 Å². The molecule has 5 nitrogen and oxygen atoms in total. The number of oxazole rings is 1. The van der Waals surface area contributed by atoms with Crippen molar-refractivity contribution < 1.29 is 13.2 Å². The summed E-state index contributed by atoms with van der Waals surface area (Å²) in [7, 11) is 1.00. The summed E-state index contributed by atoms with van der Waals surface area (Å²) in [6.07, 6.45) is 16.4. The van der Waals surface area contributed by atoms with Gasteiger partial charge in [-0.25, -0.2) is 4.98 Å². The zero-order chi connectivity index (χ0) is 47.6. The maximum atomic E-state index is 9.50. The quantitative estimate of drug-likeness (QED) is 0.164. The topological polar surface area (TPSA) is 62.1 Å². The van der Waals surface area contributed by atoms with Gasteiger partial charge in [0, 0.05) is 33.1 Å². The molecule has 4 heterocycles. The van der Waals surface area contributed by atoms with Crippen LogP contribution < -0.4 is 16.0 Å². The maximum absolute atomic E-state index is 9.50. The van der Waals surface area contributed by atoms with Crippen LogP contribution in [-0.2, 0) is 0 Å². The monoisotopic (exact) mass is 879 g/mol. The molecule has 0 bridgehead atoms. The van der Waals surface area contributed by atoms with Crippen molar-refractivity contribution in [1.82, 2.24) is 20.9 Å². The van der Waals surface area contributed by atoms with Gasteiger partial charge < -0.3 is 20.4 Å². The third-order valence-corrected chi connectivity index (χ3v) is 11.2. The van der Waals surface area contributed by atoms with E-state index >= 15 is 0 Å². The summed E-state index contributed by atoms with van der Waals surface area (Å²) in [5, 5.41) is 10.1. The normalized spacial score (nSPS) is 17.7. The first-order valence-corrected chi connectivity index (χ1v) is 24.3. The van der Waals surface area contributed by atoms with Crippen LogP contribution in [0.15, 0.2) is 89.3 Å². The number of nitrogens with zero attached hydrogens (tertiary/aromatic N) is 1. The predicted octanol–water partition coefficient (Wildman–Crippen LogP) is 15.3. The van der Waals surface area contributed by atoms with Gasteiger partial charge >= 0.3 is 0 Å². The first-order chi connectivity index (χ1) is 30.1. The third kappa shape index (κ3) is 28.4. The Hall–Kier alpha value is -3.13. The van der Waals surface area contributed by atoms with Crippen molar-refractivity contribution in [2.24, 2.45) is 34.0 Å². The Bertz CT molecular complexity index is 1440. The van der Waals surface area contributed by atoms with E-state index in [1.165, 1.54) is 121 Å². The Morgan fingerprint density at radius 2 is 0.762 bits per heavy atom. The number of hydrogen-bond donors (Lipinski definition) is 3. The molecule has 7 heteroatoms. The molecule has 3 aliphatic heterocycles. The summed E-state index contributed by atoms with van der Waals surface area (Å²) in [5.41, 5.74) is 6.88. The molecule has 3 saturated heterocycles. The number of para-hydroxylation sites is 2. The van der Waals surface area contributed by atoms with E-state index in [-0.39, 0.29) is 0 Å². The van der Waals surface area contributed by atoms with Crippen LogP contribution in [0, 0.1) is 54.8 Å². The number of rotatable bonds is 0. The lowest BCUT2D eigenvalue weighted by atomic mass is 9.65. The molecule has 6 aliphatic rings. The molecule has 4 aromatic rings. The molecule has 3 saturated carbocycles. The molecule has 3 aromatic carbocycles. The smallest absolute Gasteiger partial charge is 0.192 e. The molecule has 6 fully saturated rings. The Balaban J connectivity index is 0.000000690. The molecule has 3 spiro atoms. The summed E-state index contributed by atoms with van der Waals surface area (Å²) in [5.74, 6) is 3.22. The number of halogens is 2.